The summed E-state index contributed by atoms with van der Waals surface area (Å²) >= 11 is 0. The molecule has 0 bridgehead atoms. The molecule has 31 heavy (non-hydrogen) atoms. The van der Waals surface area contributed by atoms with Crippen molar-refractivity contribution in [3.05, 3.63) is 115 Å². The highest BCUT2D eigenvalue weighted by molar-refractivity contribution is 5.86. The smallest absolute Gasteiger partial charge is 0.0945 e. The number of aromatic nitrogens is 2. The molecule has 154 valence electrons. The second kappa shape index (κ2) is 8.75. The van der Waals surface area contributed by atoms with E-state index in [1.807, 2.05) is 18.7 Å². The van der Waals surface area contributed by atoms with Gasteiger partial charge < -0.3 is 10.3 Å². The van der Waals surface area contributed by atoms with Crippen molar-refractivity contribution < 1.29 is 0 Å². The average Bonchev–Trinajstić information content (AvgIpc) is 3.34. The second-order valence-electron chi connectivity index (χ2n) is 8.25. The highest BCUT2D eigenvalue weighted by atomic mass is 15.0. The van der Waals surface area contributed by atoms with Crippen LogP contribution in [-0.2, 0) is 6.54 Å². The zero-order valence-electron chi connectivity index (χ0n) is 17.6. The topological polar surface area (TPSA) is 43.8 Å². The van der Waals surface area contributed by atoms with E-state index < -0.39 is 0 Å². The van der Waals surface area contributed by atoms with E-state index in [0.29, 0.717) is 0 Å². The molecule has 0 aliphatic rings. The van der Waals surface area contributed by atoms with Crippen LogP contribution < -0.4 is 5.73 Å². The molecule has 1 heterocycles. The molecule has 0 aliphatic carbocycles. The van der Waals surface area contributed by atoms with E-state index in [0.717, 1.165) is 19.4 Å². The third kappa shape index (κ3) is 4.10. The van der Waals surface area contributed by atoms with Crippen LogP contribution >= 0.6 is 0 Å². The molecule has 0 aliphatic heterocycles. The zero-order valence-corrected chi connectivity index (χ0v) is 17.6. The number of nitrogens with two attached hydrogens (primary N) is 1. The van der Waals surface area contributed by atoms with Crippen molar-refractivity contribution >= 4 is 21.5 Å². The molecule has 0 amide bonds. The van der Waals surface area contributed by atoms with Gasteiger partial charge in [0.05, 0.1) is 6.33 Å². The van der Waals surface area contributed by atoms with Gasteiger partial charge in [-0.05, 0) is 45.5 Å². The van der Waals surface area contributed by atoms with Crippen LogP contribution in [0, 0.1) is 0 Å². The van der Waals surface area contributed by atoms with Crippen molar-refractivity contribution in [1.82, 2.24) is 9.55 Å². The summed E-state index contributed by atoms with van der Waals surface area (Å²) in [6.07, 6.45) is 7.81. The molecule has 5 aromatic rings. The van der Waals surface area contributed by atoms with Crippen LogP contribution in [-0.4, -0.2) is 9.55 Å². The van der Waals surface area contributed by atoms with Crippen molar-refractivity contribution in [2.45, 2.75) is 31.3 Å². The van der Waals surface area contributed by atoms with Crippen LogP contribution in [0.5, 0.6) is 0 Å². The van der Waals surface area contributed by atoms with Gasteiger partial charge in [0.2, 0.25) is 0 Å². The van der Waals surface area contributed by atoms with E-state index in [9.17, 15) is 0 Å². The van der Waals surface area contributed by atoms with Crippen molar-refractivity contribution in [1.29, 1.82) is 0 Å². The van der Waals surface area contributed by atoms with E-state index in [1.165, 1.54) is 32.7 Å². The summed E-state index contributed by atoms with van der Waals surface area (Å²) in [6.45, 7) is 0.951. The Kier molecular flexibility index (Phi) is 5.51. The molecule has 3 heteroatoms. The van der Waals surface area contributed by atoms with Crippen LogP contribution in [0.4, 0.5) is 0 Å². The van der Waals surface area contributed by atoms with Crippen LogP contribution in [0.1, 0.15) is 35.9 Å². The first-order valence-electron chi connectivity index (χ1n) is 11.0. The fraction of sp³-hybridized carbons (Fsp3) is 0.179. The maximum atomic E-state index is 7.02. The first-order chi connectivity index (χ1) is 15.3. The lowest BCUT2D eigenvalue weighted by molar-refractivity contribution is 0.478. The minimum Gasteiger partial charge on any atom is -0.337 e. The number of nitrogens with zero attached hydrogens (tertiary/aromatic N) is 2. The molecule has 5 rings (SSSR count). The maximum absolute atomic E-state index is 7.02. The standard InChI is InChI=1S/C28H27N3/c29-28(27-12-5-10-22-8-3-4-11-25(22)27)26(13-6-17-31-18-16-30-20-31)24-15-14-21-7-1-2-9-23(21)19-24/h1-5,7-12,14-16,18-20,26,28H,6,13,17,29H2. The zero-order chi connectivity index (χ0) is 21.0. The van der Waals surface area contributed by atoms with Gasteiger partial charge in [-0.3, -0.25) is 0 Å². The Labute approximate surface area is 183 Å². The van der Waals surface area contributed by atoms with Gasteiger partial charge >= 0.3 is 0 Å². The van der Waals surface area contributed by atoms with Gasteiger partial charge in [0, 0.05) is 30.9 Å². The Morgan fingerprint density at radius 2 is 1.58 bits per heavy atom. The number of hydrogen-bond acceptors (Lipinski definition) is 2. The molecule has 1 aromatic heterocycles. The van der Waals surface area contributed by atoms with Crippen molar-refractivity contribution in [2.24, 2.45) is 5.73 Å². The van der Waals surface area contributed by atoms with E-state index in [2.05, 4.69) is 94.5 Å². The second-order valence-corrected chi connectivity index (χ2v) is 8.25. The molecule has 2 unspecified atom stereocenters. The Bertz CT molecular complexity index is 1280. The predicted octanol–water partition coefficient (Wildman–Crippen LogP) is 6.45. The Balaban J connectivity index is 1.51. The summed E-state index contributed by atoms with van der Waals surface area (Å²) < 4.78 is 2.14. The minimum absolute atomic E-state index is 0.0740. The summed E-state index contributed by atoms with van der Waals surface area (Å²) in [5.74, 6) is 0.235. The molecule has 2 atom stereocenters. The Morgan fingerprint density at radius 3 is 2.42 bits per heavy atom. The Morgan fingerprint density at radius 1 is 0.806 bits per heavy atom. The molecular weight excluding hydrogens is 378 g/mol. The number of fused-ring (bicyclic) bond motifs is 2. The van der Waals surface area contributed by atoms with Crippen molar-refractivity contribution in [3.63, 3.8) is 0 Å². The van der Waals surface area contributed by atoms with E-state index in [4.69, 9.17) is 5.73 Å². The molecule has 3 nitrogen and oxygen atoms in total. The minimum atomic E-state index is -0.0740. The van der Waals surface area contributed by atoms with Crippen LogP contribution in [0.15, 0.2) is 104 Å². The van der Waals surface area contributed by atoms with E-state index in [1.54, 1.807) is 0 Å². The summed E-state index contributed by atoms with van der Waals surface area (Å²) in [7, 11) is 0. The van der Waals surface area contributed by atoms with Crippen molar-refractivity contribution in [3.8, 4) is 0 Å². The van der Waals surface area contributed by atoms with E-state index in [-0.39, 0.29) is 12.0 Å². The number of hydrogen-bond donors (Lipinski definition) is 1. The lowest BCUT2D eigenvalue weighted by atomic mass is 9.82. The highest BCUT2D eigenvalue weighted by Gasteiger charge is 2.23. The summed E-state index contributed by atoms with van der Waals surface area (Å²) in [5, 5.41) is 5.02. The third-order valence-electron chi connectivity index (χ3n) is 6.31. The fourth-order valence-corrected chi connectivity index (χ4v) is 4.66. The SMILES string of the molecule is NC(c1cccc2ccccc12)C(CCCn1ccnc1)c1ccc2ccccc2c1. The van der Waals surface area contributed by atoms with Gasteiger partial charge in [0.25, 0.3) is 0 Å². The predicted molar refractivity (Wildman–Crippen MR) is 129 cm³/mol. The van der Waals surface area contributed by atoms with Crippen LogP contribution in [0.2, 0.25) is 0 Å². The van der Waals surface area contributed by atoms with Crippen LogP contribution in [0.3, 0.4) is 0 Å². The lowest BCUT2D eigenvalue weighted by Crippen LogP contribution is -2.21. The van der Waals surface area contributed by atoms with Crippen molar-refractivity contribution in [2.75, 3.05) is 0 Å². The van der Waals surface area contributed by atoms with Crippen LogP contribution in [0.25, 0.3) is 21.5 Å². The molecule has 0 fully saturated rings. The van der Waals surface area contributed by atoms with Gasteiger partial charge in [0.1, 0.15) is 0 Å². The number of benzene rings is 4. The van der Waals surface area contributed by atoms with E-state index >= 15 is 0 Å². The average molecular weight is 406 g/mol. The molecule has 0 radical (unpaired) electrons. The molecule has 0 saturated carbocycles. The quantitative estimate of drug-likeness (QED) is 0.338. The largest absolute Gasteiger partial charge is 0.337 e. The first kappa shape index (κ1) is 19.5. The summed E-state index contributed by atoms with van der Waals surface area (Å²) in [4.78, 5) is 4.17. The highest BCUT2D eigenvalue weighted by Crippen LogP contribution is 2.37. The number of imidazole rings is 1. The summed E-state index contributed by atoms with van der Waals surface area (Å²) in [5.41, 5.74) is 9.55. The third-order valence-corrected chi connectivity index (χ3v) is 6.31. The molecule has 4 aromatic carbocycles. The number of rotatable bonds is 7. The molecular formula is C28H27N3. The monoisotopic (exact) mass is 405 g/mol. The van der Waals surface area contributed by atoms with Gasteiger partial charge in [-0.15, -0.1) is 0 Å². The molecule has 0 spiro atoms. The van der Waals surface area contributed by atoms with Gasteiger partial charge in [0.15, 0.2) is 0 Å². The van der Waals surface area contributed by atoms with Gasteiger partial charge in [-0.1, -0.05) is 84.9 Å². The maximum Gasteiger partial charge on any atom is 0.0945 e. The van der Waals surface area contributed by atoms with Gasteiger partial charge in [-0.2, -0.15) is 0 Å². The lowest BCUT2D eigenvalue weighted by Gasteiger charge is -2.26. The Hall–Kier alpha value is -3.43. The normalized spacial score (nSPS) is 13.5. The fourth-order valence-electron chi connectivity index (χ4n) is 4.66. The molecule has 0 saturated heterocycles. The number of aryl methyl sites for hydroxylation is 1. The first-order valence-corrected chi connectivity index (χ1v) is 11.0. The van der Waals surface area contributed by atoms with Gasteiger partial charge in [-0.25, -0.2) is 4.98 Å². The molecule has 2 N–H and O–H groups in total. The summed E-state index contributed by atoms with van der Waals surface area (Å²) in [6, 6.07) is 30.3.